The van der Waals surface area contributed by atoms with Crippen LogP contribution in [0.5, 0.6) is 0 Å². The van der Waals surface area contributed by atoms with Gasteiger partial charge in [-0.1, -0.05) is 0 Å². The maximum absolute atomic E-state index is 9.11. The third kappa shape index (κ3) is 1.66. The Kier molecular flexibility index (Phi) is 2.09. The van der Waals surface area contributed by atoms with E-state index in [4.69, 9.17) is 5.11 Å². The molecular formula is C7H15NO. The van der Waals surface area contributed by atoms with Gasteiger partial charge in [0.05, 0.1) is 6.10 Å². The molecule has 1 fully saturated rings. The van der Waals surface area contributed by atoms with Gasteiger partial charge in [-0.05, 0) is 20.3 Å². The van der Waals surface area contributed by atoms with Crippen molar-refractivity contribution < 1.29 is 5.11 Å². The third-order valence-corrected chi connectivity index (χ3v) is 1.93. The van der Waals surface area contributed by atoms with Crippen molar-refractivity contribution in [3.8, 4) is 0 Å². The van der Waals surface area contributed by atoms with Gasteiger partial charge < -0.3 is 5.11 Å². The quantitative estimate of drug-likeness (QED) is 0.556. The van der Waals surface area contributed by atoms with Crippen molar-refractivity contribution in [1.82, 2.24) is 4.90 Å². The molecule has 0 amide bonds. The number of nitrogens with zero attached hydrogens (tertiary/aromatic N) is 1. The lowest BCUT2D eigenvalue weighted by atomic mass is 10.3. The number of hydrogen-bond donors (Lipinski definition) is 1. The molecule has 1 heterocycles. The summed E-state index contributed by atoms with van der Waals surface area (Å²) in [5, 5.41) is 9.11. The van der Waals surface area contributed by atoms with Crippen LogP contribution >= 0.6 is 0 Å². The first-order valence-corrected chi connectivity index (χ1v) is 3.62. The van der Waals surface area contributed by atoms with E-state index >= 15 is 0 Å². The second kappa shape index (κ2) is 2.67. The first kappa shape index (κ1) is 7.03. The minimum absolute atomic E-state index is 0.0626. The van der Waals surface area contributed by atoms with Crippen molar-refractivity contribution in [1.29, 1.82) is 0 Å². The highest BCUT2D eigenvalue weighted by Crippen LogP contribution is 2.11. The molecule has 0 spiro atoms. The normalized spacial score (nSPS) is 30.0. The van der Waals surface area contributed by atoms with Crippen LogP contribution in [0.15, 0.2) is 0 Å². The Bertz CT molecular complexity index is 92.9. The zero-order valence-electron chi connectivity index (χ0n) is 6.17. The molecule has 0 aromatic carbocycles. The van der Waals surface area contributed by atoms with E-state index in [1.807, 2.05) is 0 Å². The van der Waals surface area contributed by atoms with Crippen LogP contribution in [0.4, 0.5) is 0 Å². The maximum atomic E-state index is 9.11. The summed E-state index contributed by atoms with van der Waals surface area (Å²) >= 11 is 0. The zero-order chi connectivity index (χ0) is 6.85. The van der Waals surface area contributed by atoms with Gasteiger partial charge in [0.1, 0.15) is 0 Å². The van der Waals surface area contributed by atoms with Gasteiger partial charge in [-0.25, -0.2) is 0 Å². The first-order valence-electron chi connectivity index (χ1n) is 3.62. The highest BCUT2D eigenvalue weighted by molar-refractivity contribution is 4.76. The standard InChI is InChI=1S/C7H15NO/c1-6(2)8-4-3-7(9)5-8/h6-7,9H,3-5H2,1-2H3/t7-/m0/s1. The highest BCUT2D eigenvalue weighted by Gasteiger charge is 2.21. The van der Waals surface area contributed by atoms with Gasteiger partial charge >= 0.3 is 0 Å². The summed E-state index contributed by atoms with van der Waals surface area (Å²) < 4.78 is 0. The lowest BCUT2D eigenvalue weighted by Crippen LogP contribution is -2.28. The predicted molar refractivity (Wildman–Crippen MR) is 37.3 cm³/mol. The minimum atomic E-state index is -0.0626. The summed E-state index contributed by atoms with van der Waals surface area (Å²) in [6, 6.07) is 0.599. The van der Waals surface area contributed by atoms with Gasteiger partial charge in [0.15, 0.2) is 0 Å². The molecule has 9 heavy (non-hydrogen) atoms. The molecule has 1 aliphatic heterocycles. The van der Waals surface area contributed by atoms with E-state index in [9.17, 15) is 0 Å². The Labute approximate surface area is 56.5 Å². The van der Waals surface area contributed by atoms with Gasteiger partial charge in [0.2, 0.25) is 0 Å². The summed E-state index contributed by atoms with van der Waals surface area (Å²) in [5.41, 5.74) is 0. The molecule has 2 heteroatoms. The third-order valence-electron chi connectivity index (χ3n) is 1.93. The van der Waals surface area contributed by atoms with Crippen molar-refractivity contribution in [2.24, 2.45) is 0 Å². The molecule has 0 saturated carbocycles. The molecule has 1 N–H and O–H groups in total. The molecule has 0 bridgehead atoms. The van der Waals surface area contributed by atoms with E-state index in [0.29, 0.717) is 6.04 Å². The Balaban J connectivity index is 2.30. The molecule has 1 rings (SSSR count). The molecule has 0 aromatic rings. The molecule has 1 atom stereocenters. The molecular weight excluding hydrogens is 114 g/mol. The van der Waals surface area contributed by atoms with Crippen LogP contribution < -0.4 is 0 Å². The number of hydrogen-bond acceptors (Lipinski definition) is 2. The van der Waals surface area contributed by atoms with Crippen molar-refractivity contribution in [2.45, 2.75) is 32.4 Å². The summed E-state index contributed by atoms with van der Waals surface area (Å²) in [7, 11) is 0. The molecule has 1 saturated heterocycles. The van der Waals surface area contributed by atoms with Gasteiger partial charge in [-0.3, -0.25) is 4.90 Å². The lowest BCUT2D eigenvalue weighted by molar-refractivity contribution is 0.166. The van der Waals surface area contributed by atoms with Crippen LogP contribution in [-0.4, -0.2) is 35.2 Å². The predicted octanol–water partition coefficient (Wildman–Crippen LogP) is 0.461. The molecule has 0 radical (unpaired) electrons. The van der Waals surface area contributed by atoms with Crippen molar-refractivity contribution >= 4 is 0 Å². The summed E-state index contributed by atoms with van der Waals surface area (Å²) in [4.78, 5) is 2.30. The van der Waals surface area contributed by atoms with Crippen LogP contribution in [0.2, 0.25) is 0 Å². The molecule has 1 aliphatic rings. The first-order chi connectivity index (χ1) is 4.20. The molecule has 0 aliphatic carbocycles. The van der Waals surface area contributed by atoms with E-state index in [1.165, 1.54) is 0 Å². The van der Waals surface area contributed by atoms with Crippen LogP contribution in [0, 0.1) is 0 Å². The second-order valence-electron chi connectivity index (χ2n) is 3.03. The lowest BCUT2D eigenvalue weighted by Gasteiger charge is -2.18. The van der Waals surface area contributed by atoms with Crippen LogP contribution in [0.25, 0.3) is 0 Å². The van der Waals surface area contributed by atoms with Crippen LogP contribution in [-0.2, 0) is 0 Å². The SMILES string of the molecule is CC(C)N1CC[C@H](O)C1. The molecule has 54 valence electrons. The Morgan fingerprint density at radius 1 is 1.56 bits per heavy atom. The average molecular weight is 129 g/mol. The Morgan fingerprint density at radius 3 is 2.44 bits per heavy atom. The number of aliphatic hydroxyl groups is 1. The van der Waals surface area contributed by atoms with Crippen LogP contribution in [0.3, 0.4) is 0 Å². The average Bonchev–Trinajstić information content (AvgIpc) is 2.14. The summed E-state index contributed by atoms with van der Waals surface area (Å²) in [6.45, 7) is 6.27. The Hall–Kier alpha value is -0.0800. The van der Waals surface area contributed by atoms with E-state index in [0.717, 1.165) is 19.5 Å². The maximum Gasteiger partial charge on any atom is 0.0679 e. The van der Waals surface area contributed by atoms with E-state index in [-0.39, 0.29) is 6.10 Å². The second-order valence-corrected chi connectivity index (χ2v) is 3.03. The molecule has 0 unspecified atom stereocenters. The largest absolute Gasteiger partial charge is 0.392 e. The fourth-order valence-corrected chi connectivity index (χ4v) is 1.24. The minimum Gasteiger partial charge on any atom is -0.392 e. The smallest absolute Gasteiger partial charge is 0.0679 e. The fourth-order valence-electron chi connectivity index (χ4n) is 1.24. The van der Waals surface area contributed by atoms with E-state index in [1.54, 1.807) is 0 Å². The van der Waals surface area contributed by atoms with Crippen LogP contribution in [0.1, 0.15) is 20.3 Å². The van der Waals surface area contributed by atoms with Crippen molar-refractivity contribution in [2.75, 3.05) is 13.1 Å². The fraction of sp³-hybridized carbons (Fsp3) is 1.00. The zero-order valence-corrected chi connectivity index (χ0v) is 6.17. The number of β-amino-alcohol motifs (C(OH)–C–C–N with tert-alkyl or cyclic N) is 1. The van der Waals surface area contributed by atoms with Crippen molar-refractivity contribution in [3.05, 3.63) is 0 Å². The number of likely N-dealkylation sites (tertiary alicyclic amines) is 1. The number of rotatable bonds is 1. The van der Waals surface area contributed by atoms with Gasteiger partial charge in [0, 0.05) is 19.1 Å². The van der Waals surface area contributed by atoms with Gasteiger partial charge in [-0.15, -0.1) is 0 Å². The van der Waals surface area contributed by atoms with Crippen molar-refractivity contribution in [3.63, 3.8) is 0 Å². The van der Waals surface area contributed by atoms with E-state index < -0.39 is 0 Å². The summed E-state index contributed by atoms with van der Waals surface area (Å²) in [6.07, 6.45) is 0.894. The molecule has 0 aromatic heterocycles. The van der Waals surface area contributed by atoms with Gasteiger partial charge in [-0.2, -0.15) is 0 Å². The monoisotopic (exact) mass is 129 g/mol. The van der Waals surface area contributed by atoms with Gasteiger partial charge in [0.25, 0.3) is 0 Å². The highest BCUT2D eigenvalue weighted by atomic mass is 16.3. The molecule has 2 nitrogen and oxygen atoms in total. The van der Waals surface area contributed by atoms with E-state index in [2.05, 4.69) is 18.7 Å². The topological polar surface area (TPSA) is 23.5 Å². The Morgan fingerprint density at radius 2 is 2.22 bits per heavy atom. The number of aliphatic hydroxyl groups excluding tert-OH is 1. The summed E-state index contributed by atoms with van der Waals surface area (Å²) in [5.74, 6) is 0.